The van der Waals surface area contributed by atoms with Crippen LogP contribution in [0.15, 0.2) is 35.4 Å². The Labute approximate surface area is 104 Å². The van der Waals surface area contributed by atoms with Gasteiger partial charge in [0, 0.05) is 19.3 Å². The molecule has 6 heteroatoms. The number of aromatic amines is 1. The van der Waals surface area contributed by atoms with Gasteiger partial charge in [0.1, 0.15) is 5.69 Å². The third-order valence-electron chi connectivity index (χ3n) is 2.60. The van der Waals surface area contributed by atoms with Crippen LogP contribution < -0.4 is 21.9 Å². The second-order valence-corrected chi connectivity index (χ2v) is 4.07. The second-order valence-electron chi connectivity index (χ2n) is 4.07. The van der Waals surface area contributed by atoms with Crippen LogP contribution in [0.2, 0.25) is 0 Å². The van der Waals surface area contributed by atoms with Gasteiger partial charge in [0.2, 0.25) is 0 Å². The van der Waals surface area contributed by atoms with Gasteiger partial charge in [0.05, 0.1) is 6.33 Å². The molecular formula is C12H15N5O. The molecule has 0 saturated carbocycles. The Bertz CT molecular complexity index is 607. The summed E-state index contributed by atoms with van der Waals surface area (Å²) in [5.41, 5.74) is 12.9. The SMILES string of the molecule is CN(Cc1cccc(N)c1)c1nc[nH]c(=O)c1N. The monoisotopic (exact) mass is 245 g/mol. The van der Waals surface area contributed by atoms with Crippen LogP contribution >= 0.6 is 0 Å². The summed E-state index contributed by atoms with van der Waals surface area (Å²) in [6.07, 6.45) is 1.34. The van der Waals surface area contributed by atoms with Gasteiger partial charge in [-0.3, -0.25) is 4.79 Å². The number of nitrogens with one attached hydrogen (secondary N) is 1. The fourth-order valence-electron chi connectivity index (χ4n) is 1.75. The van der Waals surface area contributed by atoms with Crippen molar-refractivity contribution in [2.24, 2.45) is 0 Å². The molecule has 0 saturated heterocycles. The number of anilines is 3. The lowest BCUT2D eigenvalue weighted by atomic mass is 10.2. The Morgan fingerprint density at radius 1 is 1.39 bits per heavy atom. The number of rotatable bonds is 3. The van der Waals surface area contributed by atoms with E-state index in [1.54, 1.807) is 4.90 Å². The van der Waals surface area contributed by atoms with Gasteiger partial charge >= 0.3 is 0 Å². The van der Waals surface area contributed by atoms with Crippen LogP contribution in [0, 0.1) is 0 Å². The highest BCUT2D eigenvalue weighted by atomic mass is 16.1. The summed E-state index contributed by atoms with van der Waals surface area (Å²) >= 11 is 0. The molecule has 0 unspecified atom stereocenters. The first-order valence-electron chi connectivity index (χ1n) is 5.46. The lowest BCUT2D eigenvalue weighted by molar-refractivity contribution is 0.890. The van der Waals surface area contributed by atoms with Crippen molar-refractivity contribution in [3.63, 3.8) is 0 Å². The molecule has 0 radical (unpaired) electrons. The molecular weight excluding hydrogens is 230 g/mol. The van der Waals surface area contributed by atoms with Gasteiger partial charge in [-0.2, -0.15) is 0 Å². The van der Waals surface area contributed by atoms with Crippen molar-refractivity contribution in [2.45, 2.75) is 6.54 Å². The summed E-state index contributed by atoms with van der Waals surface area (Å²) in [5.74, 6) is 0.459. The number of nitrogen functional groups attached to an aromatic ring is 2. The Morgan fingerprint density at radius 2 is 2.17 bits per heavy atom. The largest absolute Gasteiger partial charge is 0.399 e. The van der Waals surface area contributed by atoms with Crippen molar-refractivity contribution in [2.75, 3.05) is 23.4 Å². The van der Waals surface area contributed by atoms with Gasteiger partial charge in [-0.1, -0.05) is 12.1 Å². The maximum absolute atomic E-state index is 11.4. The van der Waals surface area contributed by atoms with Gasteiger partial charge in [0.15, 0.2) is 5.82 Å². The minimum absolute atomic E-state index is 0.115. The predicted molar refractivity (Wildman–Crippen MR) is 72.2 cm³/mol. The van der Waals surface area contributed by atoms with Gasteiger partial charge in [-0.15, -0.1) is 0 Å². The first kappa shape index (κ1) is 12.0. The average molecular weight is 245 g/mol. The van der Waals surface area contributed by atoms with E-state index < -0.39 is 0 Å². The van der Waals surface area contributed by atoms with Gasteiger partial charge in [-0.25, -0.2) is 4.98 Å². The summed E-state index contributed by atoms with van der Waals surface area (Å²) < 4.78 is 0. The zero-order valence-corrected chi connectivity index (χ0v) is 10.1. The van der Waals surface area contributed by atoms with E-state index in [0.29, 0.717) is 18.1 Å². The van der Waals surface area contributed by atoms with Crippen LogP contribution in [0.4, 0.5) is 17.2 Å². The highest BCUT2D eigenvalue weighted by molar-refractivity contribution is 5.60. The Morgan fingerprint density at radius 3 is 2.89 bits per heavy atom. The van der Waals surface area contributed by atoms with Crippen molar-refractivity contribution in [1.29, 1.82) is 0 Å². The Kier molecular flexibility index (Phi) is 3.18. The number of benzene rings is 1. The predicted octanol–water partition coefficient (Wildman–Crippen LogP) is 0.571. The maximum atomic E-state index is 11.4. The molecule has 1 aromatic heterocycles. The van der Waals surface area contributed by atoms with E-state index in [2.05, 4.69) is 9.97 Å². The first-order chi connectivity index (χ1) is 8.58. The summed E-state index contributed by atoms with van der Waals surface area (Å²) in [6, 6.07) is 7.53. The molecule has 1 heterocycles. The first-order valence-corrected chi connectivity index (χ1v) is 5.46. The fourth-order valence-corrected chi connectivity index (χ4v) is 1.75. The van der Waals surface area contributed by atoms with E-state index in [-0.39, 0.29) is 11.2 Å². The molecule has 2 rings (SSSR count). The summed E-state index contributed by atoms with van der Waals surface area (Å²) in [5, 5.41) is 0. The molecule has 0 fully saturated rings. The van der Waals surface area contributed by atoms with E-state index in [4.69, 9.17) is 11.5 Å². The van der Waals surface area contributed by atoms with Crippen LogP contribution in [0.25, 0.3) is 0 Å². The molecule has 0 atom stereocenters. The van der Waals surface area contributed by atoms with Crippen molar-refractivity contribution in [3.05, 3.63) is 46.5 Å². The highest BCUT2D eigenvalue weighted by Gasteiger charge is 2.10. The van der Waals surface area contributed by atoms with Gasteiger partial charge in [-0.05, 0) is 17.7 Å². The van der Waals surface area contributed by atoms with Crippen LogP contribution in [0.5, 0.6) is 0 Å². The molecule has 1 aromatic carbocycles. The third-order valence-corrected chi connectivity index (χ3v) is 2.60. The molecule has 2 aromatic rings. The fraction of sp³-hybridized carbons (Fsp3) is 0.167. The standard InChI is InChI=1S/C12H15N5O/c1-17(6-8-3-2-4-9(13)5-8)11-10(14)12(18)16-7-15-11/h2-5,7H,6,13-14H2,1H3,(H,15,16,18). The lowest BCUT2D eigenvalue weighted by Crippen LogP contribution is -2.23. The molecule has 5 N–H and O–H groups in total. The Balaban J connectivity index is 2.25. The number of nitrogens with two attached hydrogens (primary N) is 2. The van der Waals surface area contributed by atoms with Crippen LogP contribution in [0.1, 0.15) is 5.56 Å². The van der Waals surface area contributed by atoms with E-state index >= 15 is 0 Å². The van der Waals surface area contributed by atoms with Gasteiger partial charge < -0.3 is 21.4 Å². The minimum atomic E-state index is -0.334. The molecule has 0 amide bonds. The molecule has 94 valence electrons. The number of hydrogen-bond donors (Lipinski definition) is 3. The topological polar surface area (TPSA) is 101 Å². The quantitative estimate of drug-likeness (QED) is 0.686. The molecule has 0 aliphatic rings. The molecule has 0 spiro atoms. The van der Waals surface area contributed by atoms with Crippen molar-refractivity contribution in [3.8, 4) is 0 Å². The van der Waals surface area contributed by atoms with E-state index in [1.807, 2.05) is 31.3 Å². The van der Waals surface area contributed by atoms with Crippen molar-refractivity contribution in [1.82, 2.24) is 9.97 Å². The smallest absolute Gasteiger partial charge is 0.276 e. The van der Waals surface area contributed by atoms with E-state index in [1.165, 1.54) is 6.33 Å². The van der Waals surface area contributed by atoms with Crippen LogP contribution in [0.3, 0.4) is 0 Å². The molecule has 0 aliphatic heterocycles. The second kappa shape index (κ2) is 4.79. The zero-order chi connectivity index (χ0) is 13.1. The number of H-pyrrole nitrogens is 1. The molecule has 0 bridgehead atoms. The molecule has 18 heavy (non-hydrogen) atoms. The Hall–Kier alpha value is -2.50. The highest BCUT2D eigenvalue weighted by Crippen LogP contribution is 2.17. The lowest BCUT2D eigenvalue weighted by Gasteiger charge is -2.19. The molecule has 0 aliphatic carbocycles. The van der Waals surface area contributed by atoms with Crippen LogP contribution in [-0.2, 0) is 6.54 Å². The minimum Gasteiger partial charge on any atom is -0.399 e. The summed E-state index contributed by atoms with van der Waals surface area (Å²) in [4.78, 5) is 19.7. The van der Waals surface area contributed by atoms with Crippen molar-refractivity contribution < 1.29 is 0 Å². The summed E-state index contributed by atoms with van der Waals surface area (Å²) in [6.45, 7) is 0.575. The van der Waals surface area contributed by atoms with Gasteiger partial charge in [0.25, 0.3) is 5.56 Å². The van der Waals surface area contributed by atoms with E-state index in [9.17, 15) is 4.79 Å². The normalized spacial score (nSPS) is 10.3. The number of nitrogens with zero attached hydrogens (tertiary/aromatic N) is 2. The van der Waals surface area contributed by atoms with Crippen LogP contribution in [-0.4, -0.2) is 17.0 Å². The zero-order valence-electron chi connectivity index (χ0n) is 10.1. The van der Waals surface area contributed by atoms with Crippen molar-refractivity contribution >= 4 is 17.2 Å². The summed E-state index contributed by atoms with van der Waals surface area (Å²) in [7, 11) is 1.82. The average Bonchev–Trinajstić information content (AvgIpc) is 2.32. The number of aromatic nitrogens is 2. The molecule has 6 nitrogen and oxygen atoms in total. The number of hydrogen-bond acceptors (Lipinski definition) is 5. The third kappa shape index (κ3) is 2.42. The van der Waals surface area contributed by atoms with E-state index in [0.717, 1.165) is 5.56 Å². The maximum Gasteiger partial charge on any atom is 0.276 e.